The average Bonchev–Trinajstić information content (AvgIpc) is 3.53. The van der Waals surface area contributed by atoms with Gasteiger partial charge in [-0.3, -0.25) is 4.90 Å². The fraction of sp³-hybridized carbons (Fsp3) is 0.121. The van der Waals surface area contributed by atoms with Crippen LogP contribution in [0.25, 0.3) is 34.1 Å². The van der Waals surface area contributed by atoms with Crippen molar-refractivity contribution in [2.24, 2.45) is 0 Å². The molecule has 5 aromatic rings. The summed E-state index contributed by atoms with van der Waals surface area (Å²) in [7, 11) is 2.14. The number of fused-ring (bicyclic) bond motifs is 1. The van der Waals surface area contributed by atoms with E-state index in [2.05, 4.69) is 89.1 Å². The van der Waals surface area contributed by atoms with E-state index >= 15 is 0 Å². The molecule has 0 spiro atoms. The highest BCUT2D eigenvalue weighted by molar-refractivity contribution is 5.84. The van der Waals surface area contributed by atoms with Crippen LogP contribution in [0.1, 0.15) is 28.4 Å². The number of carbonyl (C=O) groups excluding carboxylic acids is 1. The summed E-state index contributed by atoms with van der Waals surface area (Å²) in [6.45, 7) is 1.68. The molecule has 1 atom stereocenters. The standard InChI is InChI=1S/C33H29N5O/c1-37(22-25-10-14-28(15-11-25)38-19-5-17-35-38)21-24-8-12-27(13-9-24)33-29(26-6-3-2-4-7-26)20-30-31(36-33)16-18-34-32(30)23-39/h2-20,23,32,34H,21-22H2,1H3. The van der Waals surface area contributed by atoms with Crippen LogP contribution in [0.3, 0.4) is 0 Å². The van der Waals surface area contributed by atoms with Gasteiger partial charge in [0.15, 0.2) is 0 Å². The Kier molecular flexibility index (Phi) is 6.85. The molecule has 0 saturated carbocycles. The zero-order chi connectivity index (χ0) is 26.6. The Morgan fingerprint density at radius 1 is 0.897 bits per heavy atom. The van der Waals surface area contributed by atoms with Crippen LogP contribution in [-0.2, 0) is 17.9 Å². The topological polar surface area (TPSA) is 63.1 Å². The van der Waals surface area contributed by atoms with E-state index in [1.807, 2.05) is 41.2 Å². The highest BCUT2D eigenvalue weighted by Crippen LogP contribution is 2.35. The minimum Gasteiger partial charge on any atom is -0.378 e. The number of rotatable bonds is 8. The lowest BCUT2D eigenvalue weighted by molar-refractivity contribution is -0.109. The van der Waals surface area contributed by atoms with Gasteiger partial charge in [0, 0.05) is 42.2 Å². The first-order chi connectivity index (χ1) is 19.2. The zero-order valence-electron chi connectivity index (χ0n) is 21.7. The Morgan fingerprint density at radius 2 is 1.62 bits per heavy atom. The van der Waals surface area contributed by atoms with Crippen LogP contribution in [0.4, 0.5) is 0 Å². The van der Waals surface area contributed by atoms with Gasteiger partial charge in [-0.1, -0.05) is 66.7 Å². The van der Waals surface area contributed by atoms with Crippen molar-refractivity contribution >= 4 is 12.4 Å². The van der Waals surface area contributed by atoms with Crippen LogP contribution >= 0.6 is 0 Å². The molecule has 192 valence electrons. The Bertz CT molecular complexity index is 1590. The van der Waals surface area contributed by atoms with Crippen molar-refractivity contribution in [2.75, 3.05) is 7.05 Å². The maximum atomic E-state index is 11.7. The quantitative estimate of drug-likeness (QED) is 0.257. The van der Waals surface area contributed by atoms with E-state index in [9.17, 15) is 4.79 Å². The lowest BCUT2D eigenvalue weighted by Crippen LogP contribution is -2.21. The van der Waals surface area contributed by atoms with Crippen molar-refractivity contribution < 1.29 is 4.79 Å². The molecule has 3 aromatic carbocycles. The second-order valence-corrected chi connectivity index (χ2v) is 9.83. The van der Waals surface area contributed by atoms with Crippen LogP contribution in [0.2, 0.25) is 0 Å². The van der Waals surface area contributed by atoms with E-state index in [-0.39, 0.29) is 0 Å². The lowest BCUT2D eigenvalue weighted by Gasteiger charge is -2.21. The maximum absolute atomic E-state index is 11.7. The molecule has 1 aliphatic heterocycles. The smallest absolute Gasteiger partial charge is 0.146 e. The van der Waals surface area contributed by atoms with Crippen molar-refractivity contribution in [3.8, 4) is 28.1 Å². The lowest BCUT2D eigenvalue weighted by atomic mass is 9.93. The largest absolute Gasteiger partial charge is 0.378 e. The third kappa shape index (κ3) is 5.28. The van der Waals surface area contributed by atoms with Gasteiger partial charge in [-0.05, 0) is 60.3 Å². The molecule has 0 bridgehead atoms. The third-order valence-corrected chi connectivity index (χ3v) is 6.99. The Balaban J connectivity index is 1.22. The van der Waals surface area contributed by atoms with Gasteiger partial charge in [0.25, 0.3) is 0 Å². The molecule has 1 aliphatic rings. The van der Waals surface area contributed by atoms with Crippen LogP contribution in [0.5, 0.6) is 0 Å². The number of hydrogen-bond acceptors (Lipinski definition) is 5. The molecular weight excluding hydrogens is 482 g/mol. The summed E-state index contributed by atoms with van der Waals surface area (Å²) in [6, 6.07) is 31.0. The number of aromatic nitrogens is 3. The molecular formula is C33H29N5O. The van der Waals surface area contributed by atoms with Gasteiger partial charge in [0.05, 0.1) is 17.1 Å². The van der Waals surface area contributed by atoms with E-state index in [4.69, 9.17) is 4.98 Å². The summed E-state index contributed by atoms with van der Waals surface area (Å²) in [5.74, 6) is 0. The summed E-state index contributed by atoms with van der Waals surface area (Å²) in [5.41, 5.74) is 9.31. The molecule has 6 nitrogen and oxygen atoms in total. The number of nitrogens with one attached hydrogen (secondary N) is 1. The van der Waals surface area contributed by atoms with E-state index in [1.54, 1.807) is 12.4 Å². The highest BCUT2D eigenvalue weighted by Gasteiger charge is 2.21. The number of hydrogen-bond donors (Lipinski definition) is 1. The van der Waals surface area contributed by atoms with Crippen molar-refractivity contribution in [3.63, 3.8) is 0 Å². The van der Waals surface area contributed by atoms with Gasteiger partial charge < -0.3 is 10.1 Å². The molecule has 0 radical (unpaired) electrons. The molecule has 0 amide bonds. The zero-order valence-corrected chi connectivity index (χ0v) is 21.7. The van der Waals surface area contributed by atoms with E-state index in [1.165, 1.54) is 11.1 Å². The van der Waals surface area contributed by atoms with Crippen LogP contribution in [0, 0.1) is 0 Å². The van der Waals surface area contributed by atoms with Gasteiger partial charge >= 0.3 is 0 Å². The van der Waals surface area contributed by atoms with Crippen LogP contribution < -0.4 is 5.32 Å². The number of carbonyl (C=O) groups is 1. The SMILES string of the molecule is CN(Cc1ccc(-c2nc3c(cc2-c2ccccc2)C(C=O)NC=C3)cc1)Cc1ccc(-n2cccn2)cc1. The van der Waals surface area contributed by atoms with Crippen molar-refractivity contribution in [3.05, 3.63) is 132 Å². The van der Waals surface area contributed by atoms with E-state index in [0.29, 0.717) is 0 Å². The van der Waals surface area contributed by atoms with Crippen LogP contribution in [-0.4, -0.2) is 33.0 Å². The van der Waals surface area contributed by atoms with Gasteiger partial charge in [-0.15, -0.1) is 0 Å². The molecule has 6 heteroatoms. The fourth-order valence-corrected chi connectivity index (χ4v) is 5.04. The summed E-state index contributed by atoms with van der Waals surface area (Å²) in [5, 5.41) is 7.41. The molecule has 1 N–H and O–H groups in total. The molecule has 0 saturated heterocycles. The Morgan fingerprint density at radius 3 is 2.28 bits per heavy atom. The summed E-state index contributed by atoms with van der Waals surface area (Å²) >= 11 is 0. The molecule has 3 heterocycles. The fourth-order valence-electron chi connectivity index (χ4n) is 5.04. The number of benzene rings is 3. The average molecular weight is 512 g/mol. The monoisotopic (exact) mass is 511 g/mol. The summed E-state index contributed by atoms with van der Waals surface area (Å²) in [6.07, 6.45) is 8.39. The molecule has 0 fully saturated rings. The Labute approximate surface area is 228 Å². The molecule has 39 heavy (non-hydrogen) atoms. The van der Waals surface area contributed by atoms with Crippen molar-refractivity contribution in [1.29, 1.82) is 0 Å². The molecule has 6 rings (SSSR count). The first kappa shape index (κ1) is 24.5. The minimum atomic E-state index is -0.395. The second kappa shape index (κ2) is 10.9. The van der Waals surface area contributed by atoms with Crippen molar-refractivity contribution in [1.82, 2.24) is 25.0 Å². The van der Waals surface area contributed by atoms with Crippen LogP contribution in [0.15, 0.2) is 110 Å². The predicted octanol–water partition coefficient (Wildman–Crippen LogP) is 6.05. The van der Waals surface area contributed by atoms with Crippen molar-refractivity contribution in [2.45, 2.75) is 19.1 Å². The first-order valence-electron chi connectivity index (χ1n) is 13.0. The number of aldehydes is 1. The van der Waals surface area contributed by atoms with Gasteiger partial charge in [0.1, 0.15) is 12.3 Å². The highest BCUT2D eigenvalue weighted by atomic mass is 16.1. The van der Waals surface area contributed by atoms with E-state index < -0.39 is 6.04 Å². The summed E-state index contributed by atoms with van der Waals surface area (Å²) in [4.78, 5) is 19.0. The maximum Gasteiger partial charge on any atom is 0.146 e. The number of nitrogens with zero attached hydrogens (tertiary/aromatic N) is 4. The predicted molar refractivity (Wildman–Crippen MR) is 155 cm³/mol. The second-order valence-electron chi connectivity index (χ2n) is 9.83. The van der Waals surface area contributed by atoms with Gasteiger partial charge in [-0.25, -0.2) is 9.67 Å². The summed E-state index contributed by atoms with van der Waals surface area (Å²) < 4.78 is 1.86. The number of pyridine rings is 1. The molecule has 2 aromatic heterocycles. The Hall–Kier alpha value is -4.81. The first-order valence-corrected chi connectivity index (χ1v) is 13.0. The van der Waals surface area contributed by atoms with E-state index in [0.717, 1.165) is 58.7 Å². The normalized spacial score (nSPS) is 14.2. The molecule has 0 aliphatic carbocycles. The van der Waals surface area contributed by atoms with Gasteiger partial charge in [-0.2, -0.15) is 5.10 Å². The molecule has 1 unspecified atom stereocenters. The van der Waals surface area contributed by atoms with Gasteiger partial charge in [0.2, 0.25) is 0 Å². The minimum absolute atomic E-state index is 0.395. The third-order valence-electron chi connectivity index (χ3n) is 6.99.